The summed E-state index contributed by atoms with van der Waals surface area (Å²) < 4.78 is 24.4. The molecule has 4 nitrogen and oxygen atoms in total. The fourth-order valence-electron chi connectivity index (χ4n) is 4.13. The molecule has 0 spiro atoms. The van der Waals surface area contributed by atoms with Crippen LogP contribution in [0.3, 0.4) is 0 Å². The highest BCUT2D eigenvalue weighted by molar-refractivity contribution is 5.13. The minimum absolute atomic E-state index is 0.0296. The predicted molar refractivity (Wildman–Crippen MR) is 104 cm³/mol. The third-order valence-corrected chi connectivity index (χ3v) is 5.55. The van der Waals surface area contributed by atoms with E-state index in [0.29, 0.717) is 13.2 Å². The Kier molecular flexibility index (Phi) is 7.42. The van der Waals surface area contributed by atoms with Crippen molar-refractivity contribution in [3.63, 3.8) is 0 Å². The maximum Gasteiger partial charge on any atom is 0.180 e. The summed E-state index contributed by atoms with van der Waals surface area (Å²) in [4.78, 5) is 0. The van der Waals surface area contributed by atoms with Crippen molar-refractivity contribution in [2.24, 2.45) is 11.3 Å². The number of hydrogen-bond donors (Lipinski definition) is 0. The number of hydrogen-bond acceptors (Lipinski definition) is 4. The lowest BCUT2D eigenvalue weighted by Crippen LogP contribution is -2.63. The molecule has 0 amide bonds. The van der Waals surface area contributed by atoms with Crippen LogP contribution in [0.15, 0.2) is 43.0 Å². The summed E-state index contributed by atoms with van der Waals surface area (Å²) in [6.45, 7) is 11.4. The minimum Gasteiger partial charge on any atom is -0.381 e. The molecule has 0 saturated carbocycles. The van der Waals surface area contributed by atoms with Gasteiger partial charge in [-0.1, -0.05) is 57.2 Å². The first-order valence-electron chi connectivity index (χ1n) is 9.38. The van der Waals surface area contributed by atoms with Gasteiger partial charge in [-0.2, -0.15) is 0 Å². The fraction of sp³-hybridized carbons (Fsp3) is 0.636. The Morgan fingerprint density at radius 2 is 1.96 bits per heavy atom. The highest BCUT2D eigenvalue weighted by Crippen LogP contribution is 2.48. The van der Waals surface area contributed by atoms with Crippen LogP contribution in [-0.4, -0.2) is 38.8 Å². The molecule has 4 atom stereocenters. The van der Waals surface area contributed by atoms with Gasteiger partial charge in [0.05, 0.1) is 25.4 Å². The van der Waals surface area contributed by atoms with Crippen LogP contribution in [0.2, 0.25) is 0 Å². The molecule has 0 bridgehead atoms. The van der Waals surface area contributed by atoms with E-state index in [2.05, 4.69) is 39.5 Å². The van der Waals surface area contributed by atoms with Crippen LogP contribution >= 0.6 is 0 Å². The number of benzene rings is 1. The first kappa shape index (κ1) is 21.1. The molecule has 1 saturated heterocycles. The van der Waals surface area contributed by atoms with Gasteiger partial charge in [-0.15, -0.1) is 6.58 Å². The van der Waals surface area contributed by atoms with Gasteiger partial charge in [0.1, 0.15) is 0 Å². The summed E-state index contributed by atoms with van der Waals surface area (Å²) >= 11 is 0. The van der Waals surface area contributed by atoms with Gasteiger partial charge in [-0.3, -0.25) is 0 Å². The smallest absolute Gasteiger partial charge is 0.180 e. The normalized spacial score (nSPS) is 29.5. The molecule has 1 heterocycles. The van der Waals surface area contributed by atoms with E-state index in [1.165, 1.54) is 0 Å². The molecule has 0 unspecified atom stereocenters. The molecule has 0 N–H and O–H groups in total. The Morgan fingerprint density at radius 3 is 2.54 bits per heavy atom. The Balaban J connectivity index is 2.15. The van der Waals surface area contributed by atoms with Gasteiger partial charge in [-0.25, -0.2) is 0 Å². The molecule has 1 aromatic rings. The lowest BCUT2D eigenvalue weighted by Gasteiger charge is -2.55. The van der Waals surface area contributed by atoms with Crippen molar-refractivity contribution in [3.05, 3.63) is 48.6 Å². The molecule has 1 aliphatic heterocycles. The van der Waals surface area contributed by atoms with Crippen molar-refractivity contribution in [2.45, 2.75) is 58.2 Å². The van der Waals surface area contributed by atoms with E-state index in [1.54, 1.807) is 14.2 Å². The second kappa shape index (κ2) is 9.14. The van der Waals surface area contributed by atoms with E-state index >= 15 is 0 Å². The summed E-state index contributed by atoms with van der Waals surface area (Å²) in [6.07, 6.45) is 3.62. The van der Waals surface area contributed by atoms with Crippen molar-refractivity contribution < 1.29 is 18.9 Å². The molecular formula is C22H34O4. The standard InChI is InChI=1S/C22H34O4/c1-7-11-19-14-20(23-5)17(2)22(24-6,26-19)21(3,4)16-25-15-18-12-9-8-10-13-18/h7-10,12-13,17,19-20H,1,11,14-16H2,2-6H3/t17-,19+,20-,22+/m1/s1. The van der Waals surface area contributed by atoms with Crippen molar-refractivity contribution in [1.29, 1.82) is 0 Å². The number of ether oxygens (including phenoxy) is 4. The quantitative estimate of drug-likeness (QED) is 0.602. The van der Waals surface area contributed by atoms with Crippen LogP contribution < -0.4 is 0 Å². The van der Waals surface area contributed by atoms with Gasteiger partial charge < -0.3 is 18.9 Å². The lowest BCUT2D eigenvalue weighted by molar-refractivity contribution is -0.364. The summed E-state index contributed by atoms with van der Waals surface area (Å²) in [5, 5.41) is 0. The zero-order chi connectivity index (χ0) is 19.2. The van der Waals surface area contributed by atoms with Crippen LogP contribution in [0.5, 0.6) is 0 Å². The minimum atomic E-state index is -0.781. The highest BCUT2D eigenvalue weighted by Gasteiger charge is 2.57. The third-order valence-electron chi connectivity index (χ3n) is 5.55. The number of rotatable bonds is 9. The van der Waals surface area contributed by atoms with Crippen LogP contribution in [0.1, 0.15) is 39.2 Å². The van der Waals surface area contributed by atoms with Gasteiger partial charge in [0, 0.05) is 32.0 Å². The molecule has 2 rings (SSSR count). The van der Waals surface area contributed by atoms with Crippen molar-refractivity contribution in [1.82, 2.24) is 0 Å². The molecule has 0 radical (unpaired) electrons. The van der Waals surface area contributed by atoms with Crippen molar-refractivity contribution in [2.75, 3.05) is 20.8 Å². The van der Waals surface area contributed by atoms with Crippen LogP contribution in [0, 0.1) is 11.3 Å². The largest absolute Gasteiger partial charge is 0.381 e. The van der Waals surface area contributed by atoms with E-state index in [9.17, 15) is 0 Å². The van der Waals surface area contributed by atoms with Gasteiger partial charge in [0.15, 0.2) is 5.79 Å². The van der Waals surface area contributed by atoms with E-state index in [0.717, 1.165) is 18.4 Å². The summed E-state index contributed by atoms with van der Waals surface area (Å²) in [6, 6.07) is 10.2. The molecular weight excluding hydrogens is 328 g/mol. The zero-order valence-electron chi connectivity index (χ0n) is 16.9. The maximum absolute atomic E-state index is 6.52. The third kappa shape index (κ3) is 4.37. The van der Waals surface area contributed by atoms with Gasteiger partial charge in [0.2, 0.25) is 0 Å². The molecule has 1 aromatic carbocycles. The van der Waals surface area contributed by atoms with E-state index in [1.807, 2.05) is 24.3 Å². The zero-order valence-corrected chi connectivity index (χ0v) is 16.9. The fourth-order valence-corrected chi connectivity index (χ4v) is 4.13. The van der Waals surface area contributed by atoms with Crippen molar-refractivity contribution >= 4 is 0 Å². The molecule has 1 fully saturated rings. The Bertz CT molecular complexity index is 557. The SMILES string of the molecule is C=CC[C@H]1C[C@@H](OC)[C@@H](C)[C@@](OC)(C(C)(C)COCc2ccccc2)O1. The molecule has 4 heteroatoms. The summed E-state index contributed by atoms with van der Waals surface area (Å²) in [7, 11) is 3.48. The topological polar surface area (TPSA) is 36.9 Å². The second-order valence-electron chi connectivity index (χ2n) is 7.80. The Labute approximate surface area is 158 Å². The van der Waals surface area contributed by atoms with Gasteiger partial charge in [-0.05, 0) is 12.0 Å². The molecule has 1 aliphatic rings. The van der Waals surface area contributed by atoms with Gasteiger partial charge >= 0.3 is 0 Å². The summed E-state index contributed by atoms with van der Waals surface area (Å²) in [5.41, 5.74) is 0.804. The van der Waals surface area contributed by atoms with E-state index in [-0.39, 0.29) is 23.5 Å². The molecule has 26 heavy (non-hydrogen) atoms. The average Bonchev–Trinajstić information content (AvgIpc) is 2.63. The second-order valence-corrected chi connectivity index (χ2v) is 7.80. The molecule has 0 aliphatic carbocycles. The predicted octanol–water partition coefficient (Wildman–Crippen LogP) is 4.59. The lowest BCUT2D eigenvalue weighted by atomic mass is 9.72. The highest BCUT2D eigenvalue weighted by atomic mass is 16.7. The monoisotopic (exact) mass is 362 g/mol. The molecule has 0 aromatic heterocycles. The number of methoxy groups -OCH3 is 2. The first-order valence-corrected chi connectivity index (χ1v) is 9.38. The van der Waals surface area contributed by atoms with Gasteiger partial charge in [0.25, 0.3) is 0 Å². The average molecular weight is 363 g/mol. The Morgan fingerprint density at radius 1 is 1.27 bits per heavy atom. The Hall–Kier alpha value is -1.20. The first-order chi connectivity index (χ1) is 12.4. The van der Waals surface area contributed by atoms with Crippen LogP contribution in [-0.2, 0) is 25.6 Å². The molecule has 146 valence electrons. The van der Waals surface area contributed by atoms with E-state index in [4.69, 9.17) is 18.9 Å². The van der Waals surface area contributed by atoms with E-state index < -0.39 is 5.79 Å². The van der Waals surface area contributed by atoms with Crippen molar-refractivity contribution in [3.8, 4) is 0 Å². The summed E-state index contributed by atoms with van der Waals surface area (Å²) in [5.74, 6) is -0.704. The van der Waals surface area contributed by atoms with Crippen LogP contribution in [0.4, 0.5) is 0 Å². The van der Waals surface area contributed by atoms with Crippen LogP contribution in [0.25, 0.3) is 0 Å². The maximum atomic E-state index is 6.52.